The molecule has 3 heterocycles. The average Bonchev–Trinajstić information content (AvgIpc) is 3.09. The number of carbonyl (C=O) groups excluding carboxylic acids is 2. The maximum Gasteiger partial charge on any atom is 0.240 e. The van der Waals surface area contributed by atoms with E-state index in [4.69, 9.17) is 14.2 Å². The highest BCUT2D eigenvalue weighted by atomic mass is 28.3. The first-order valence-corrected chi connectivity index (χ1v) is 19.7. The zero-order valence-electron chi connectivity index (χ0n) is 28.1. The van der Waals surface area contributed by atoms with Gasteiger partial charge in [-0.25, -0.2) is 0 Å². The van der Waals surface area contributed by atoms with E-state index in [0.717, 1.165) is 34.9 Å². The Labute approximate surface area is 278 Å². The van der Waals surface area contributed by atoms with Gasteiger partial charge in [-0.2, -0.15) is 0 Å². The molecule has 10 heteroatoms. The quantitative estimate of drug-likeness (QED) is 0.335. The van der Waals surface area contributed by atoms with Gasteiger partial charge in [-0.15, -0.1) is 0 Å². The molecular formula is C37H47N3O6Si. The second-order valence-electron chi connectivity index (χ2n) is 13.6. The summed E-state index contributed by atoms with van der Waals surface area (Å²) >= 11 is 0. The van der Waals surface area contributed by atoms with Gasteiger partial charge in [0.25, 0.3) is 0 Å². The summed E-state index contributed by atoms with van der Waals surface area (Å²) in [5, 5.41) is 14.7. The number of hydrogen-bond donors (Lipinski definition) is 2. The second kappa shape index (κ2) is 13.8. The van der Waals surface area contributed by atoms with E-state index in [-0.39, 0.29) is 54.6 Å². The third kappa shape index (κ3) is 6.44. The SMILES string of the molecule is COc1ccc([Si](C)(C)C(CC(=O)N2Cc3ccccc3C[C@H]2CO)[C@H]2Oc3ccc(N4CCNCC4=O)cc3[C@@H](OC)[C@@H]2C)cc1. The summed E-state index contributed by atoms with van der Waals surface area (Å²) < 4.78 is 18.6. The molecule has 1 unspecified atom stereocenters. The number of amides is 2. The van der Waals surface area contributed by atoms with Gasteiger partial charge in [0.1, 0.15) is 17.6 Å². The lowest BCUT2D eigenvalue weighted by molar-refractivity contribution is -0.136. The van der Waals surface area contributed by atoms with E-state index in [1.807, 2.05) is 52.3 Å². The Morgan fingerprint density at radius 3 is 2.51 bits per heavy atom. The molecule has 2 amide bonds. The number of hydrogen-bond acceptors (Lipinski definition) is 7. The van der Waals surface area contributed by atoms with Crippen molar-refractivity contribution in [3.63, 3.8) is 0 Å². The minimum Gasteiger partial charge on any atom is -0.497 e. The lowest BCUT2D eigenvalue weighted by atomic mass is 9.86. The van der Waals surface area contributed by atoms with Crippen molar-refractivity contribution in [1.29, 1.82) is 0 Å². The average molecular weight is 658 g/mol. The smallest absolute Gasteiger partial charge is 0.240 e. The number of nitrogens with one attached hydrogen (secondary N) is 1. The molecule has 0 bridgehead atoms. The molecule has 0 aromatic heterocycles. The number of rotatable bonds is 9. The molecule has 2 N–H and O–H groups in total. The molecule has 3 aromatic carbocycles. The van der Waals surface area contributed by atoms with Gasteiger partial charge in [0.15, 0.2) is 0 Å². The first-order valence-electron chi connectivity index (χ1n) is 16.6. The largest absolute Gasteiger partial charge is 0.497 e. The van der Waals surface area contributed by atoms with Crippen molar-refractivity contribution in [1.82, 2.24) is 10.2 Å². The number of carbonyl (C=O) groups is 2. The third-order valence-corrected chi connectivity index (χ3v) is 14.9. The monoisotopic (exact) mass is 657 g/mol. The van der Waals surface area contributed by atoms with Crippen LogP contribution in [0, 0.1) is 5.92 Å². The van der Waals surface area contributed by atoms with Crippen molar-refractivity contribution < 1.29 is 28.9 Å². The highest BCUT2D eigenvalue weighted by molar-refractivity contribution is 6.91. The standard InChI is InChI=1S/C37H47N3O6Si/c1-24-36(45-3)31-19-27(39-17-16-38-21-35(39)43)10-15-32(31)46-37(24)33(47(4,5)30-13-11-29(44-2)12-14-30)20-34(42)40-22-26-9-7-6-8-25(26)18-28(40)23-41/h6-15,19,24,28,33,36-38,41H,16-18,20-23H2,1-5H3/t24-,28-,33?,36-,37-/m0/s1. The van der Waals surface area contributed by atoms with Crippen LogP contribution in [0.15, 0.2) is 66.7 Å². The summed E-state index contributed by atoms with van der Waals surface area (Å²) in [7, 11) is 0.965. The van der Waals surface area contributed by atoms with E-state index in [0.29, 0.717) is 26.1 Å². The van der Waals surface area contributed by atoms with Crippen molar-refractivity contribution in [2.45, 2.75) is 63.2 Å². The van der Waals surface area contributed by atoms with Crippen molar-refractivity contribution >= 4 is 30.8 Å². The van der Waals surface area contributed by atoms with E-state index in [2.05, 4.69) is 49.6 Å². The Morgan fingerprint density at radius 2 is 1.83 bits per heavy atom. The molecule has 0 spiro atoms. The van der Waals surface area contributed by atoms with Crippen LogP contribution >= 0.6 is 0 Å². The van der Waals surface area contributed by atoms with Crippen LogP contribution in [-0.4, -0.2) is 82.5 Å². The van der Waals surface area contributed by atoms with Gasteiger partial charge < -0.3 is 34.4 Å². The minimum atomic E-state index is -2.42. The molecule has 1 fully saturated rings. The van der Waals surface area contributed by atoms with Crippen LogP contribution in [0.1, 0.15) is 36.1 Å². The van der Waals surface area contributed by atoms with Crippen molar-refractivity contribution in [2.24, 2.45) is 5.92 Å². The van der Waals surface area contributed by atoms with Gasteiger partial charge in [-0.05, 0) is 47.9 Å². The molecule has 47 heavy (non-hydrogen) atoms. The van der Waals surface area contributed by atoms with Crippen molar-refractivity contribution in [3.05, 3.63) is 83.4 Å². The fourth-order valence-electron chi connectivity index (χ4n) is 7.78. The Bertz CT molecular complexity index is 1600. The van der Waals surface area contributed by atoms with Gasteiger partial charge in [0.05, 0.1) is 40.5 Å². The normalized spacial score (nSPS) is 23.4. The van der Waals surface area contributed by atoms with Gasteiger partial charge in [0, 0.05) is 55.9 Å². The maximum absolute atomic E-state index is 14.5. The predicted octanol–water partition coefficient (Wildman–Crippen LogP) is 4.04. The van der Waals surface area contributed by atoms with Crippen molar-refractivity contribution in [3.8, 4) is 11.5 Å². The number of benzene rings is 3. The molecule has 6 rings (SSSR count). The first-order chi connectivity index (χ1) is 22.7. The molecule has 3 aliphatic heterocycles. The fraction of sp³-hybridized carbons (Fsp3) is 0.459. The molecule has 250 valence electrons. The van der Waals surface area contributed by atoms with Gasteiger partial charge >= 0.3 is 0 Å². The van der Waals surface area contributed by atoms with Crippen LogP contribution < -0.4 is 24.9 Å². The molecule has 3 aliphatic rings. The molecule has 0 radical (unpaired) electrons. The number of fused-ring (bicyclic) bond motifs is 2. The predicted molar refractivity (Wildman–Crippen MR) is 185 cm³/mol. The number of anilines is 1. The van der Waals surface area contributed by atoms with E-state index >= 15 is 0 Å². The Balaban J connectivity index is 1.36. The summed E-state index contributed by atoms with van der Waals surface area (Å²) in [5.41, 5.74) is 3.96. The topological polar surface area (TPSA) is 101 Å². The molecule has 9 nitrogen and oxygen atoms in total. The summed E-state index contributed by atoms with van der Waals surface area (Å²) in [6.07, 6.45) is 0.330. The molecule has 1 saturated heterocycles. The number of aliphatic hydroxyl groups excluding tert-OH is 1. The summed E-state index contributed by atoms with van der Waals surface area (Å²) in [6.45, 7) is 8.84. The molecule has 0 aliphatic carbocycles. The Morgan fingerprint density at radius 1 is 1.09 bits per heavy atom. The highest BCUT2D eigenvalue weighted by Crippen LogP contribution is 2.48. The molecule has 3 aromatic rings. The van der Waals surface area contributed by atoms with Crippen LogP contribution in [0.25, 0.3) is 0 Å². The lowest BCUT2D eigenvalue weighted by Crippen LogP contribution is -2.56. The van der Waals surface area contributed by atoms with Crippen LogP contribution in [0.2, 0.25) is 18.6 Å². The van der Waals surface area contributed by atoms with Gasteiger partial charge in [0.2, 0.25) is 11.8 Å². The van der Waals surface area contributed by atoms with Crippen LogP contribution in [-0.2, 0) is 27.3 Å². The number of nitrogens with zero attached hydrogens (tertiary/aromatic N) is 2. The fourth-order valence-corrected chi connectivity index (χ4v) is 11.1. The third-order valence-electron chi connectivity index (χ3n) is 10.7. The molecular weight excluding hydrogens is 611 g/mol. The summed E-state index contributed by atoms with van der Waals surface area (Å²) in [6, 6.07) is 22.1. The zero-order chi connectivity index (χ0) is 33.3. The van der Waals surface area contributed by atoms with E-state index < -0.39 is 8.07 Å². The Kier molecular flexibility index (Phi) is 9.75. The van der Waals surface area contributed by atoms with E-state index in [1.54, 1.807) is 14.2 Å². The number of methoxy groups -OCH3 is 2. The molecule has 0 saturated carbocycles. The second-order valence-corrected chi connectivity index (χ2v) is 18.4. The summed E-state index contributed by atoms with van der Waals surface area (Å²) in [5.74, 6) is 1.50. The minimum absolute atomic E-state index is 0.0285. The van der Waals surface area contributed by atoms with E-state index in [1.165, 1.54) is 10.8 Å². The zero-order valence-corrected chi connectivity index (χ0v) is 29.1. The lowest BCUT2D eigenvalue weighted by Gasteiger charge is -2.46. The van der Waals surface area contributed by atoms with E-state index in [9.17, 15) is 14.7 Å². The summed E-state index contributed by atoms with van der Waals surface area (Å²) in [4.78, 5) is 30.8. The first kappa shape index (κ1) is 33.2. The highest BCUT2D eigenvalue weighted by Gasteiger charge is 2.49. The maximum atomic E-state index is 14.5. The number of piperazine rings is 1. The van der Waals surface area contributed by atoms with Crippen LogP contribution in [0.5, 0.6) is 11.5 Å². The van der Waals surface area contributed by atoms with Crippen LogP contribution in [0.3, 0.4) is 0 Å². The van der Waals surface area contributed by atoms with Crippen LogP contribution in [0.4, 0.5) is 5.69 Å². The number of aliphatic hydroxyl groups is 1. The molecule has 5 atom stereocenters. The van der Waals surface area contributed by atoms with Gasteiger partial charge in [-0.1, -0.05) is 61.6 Å². The van der Waals surface area contributed by atoms with Crippen molar-refractivity contribution in [2.75, 3.05) is 45.4 Å². The van der Waals surface area contributed by atoms with Gasteiger partial charge in [-0.3, -0.25) is 9.59 Å². The number of ether oxygens (including phenoxy) is 3. The Hall–Kier alpha value is -3.70.